The van der Waals surface area contributed by atoms with E-state index in [9.17, 15) is 14.7 Å². The summed E-state index contributed by atoms with van der Waals surface area (Å²) in [5, 5.41) is 9.50. The van der Waals surface area contributed by atoms with Gasteiger partial charge < -0.3 is 14.6 Å². The van der Waals surface area contributed by atoms with Crippen LogP contribution in [0.2, 0.25) is 0 Å². The van der Waals surface area contributed by atoms with Crippen molar-refractivity contribution in [3.8, 4) is 0 Å². The molecule has 0 bridgehead atoms. The van der Waals surface area contributed by atoms with Crippen LogP contribution >= 0.6 is 0 Å². The Morgan fingerprint density at radius 1 is 1.47 bits per heavy atom. The standard InChI is InChI=1S/C9H15NO5/c1-3-15-8(12)6-4-5-7(11)10(6)9(13)14-2/h6-7,11H,3-5H2,1-2H3/t6-,7?/m0/s1. The molecule has 6 heteroatoms. The van der Waals surface area contributed by atoms with E-state index in [1.54, 1.807) is 6.92 Å². The van der Waals surface area contributed by atoms with Crippen LogP contribution in [0.4, 0.5) is 4.79 Å². The molecule has 1 amide bonds. The lowest BCUT2D eigenvalue weighted by molar-refractivity contribution is -0.149. The molecule has 1 rings (SSSR count). The Morgan fingerprint density at radius 3 is 2.67 bits per heavy atom. The van der Waals surface area contributed by atoms with Gasteiger partial charge in [-0.2, -0.15) is 0 Å². The molecule has 1 unspecified atom stereocenters. The summed E-state index contributed by atoms with van der Waals surface area (Å²) in [6.07, 6.45) is -0.918. The number of carbonyl (C=O) groups excluding carboxylic acids is 2. The highest BCUT2D eigenvalue weighted by molar-refractivity contribution is 5.82. The summed E-state index contributed by atoms with van der Waals surface area (Å²) in [7, 11) is 1.20. The van der Waals surface area contributed by atoms with Crippen molar-refractivity contribution < 1.29 is 24.2 Å². The summed E-state index contributed by atoms with van der Waals surface area (Å²) in [4.78, 5) is 23.7. The van der Waals surface area contributed by atoms with Gasteiger partial charge in [-0.25, -0.2) is 9.59 Å². The molecule has 0 spiro atoms. The molecule has 15 heavy (non-hydrogen) atoms. The molecule has 0 saturated carbocycles. The van der Waals surface area contributed by atoms with Crippen molar-refractivity contribution in [3.63, 3.8) is 0 Å². The number of aliphatic hydroxyl groups excluding tert-OH is 1. The molecule has 1 fully saturated rings. The Labute approximate surface area is 87.8 Å². The Balaban J connectivity index is 2.71. The van der Waals surface area contributed by atoms with E-state index in [1.807, 2.05) is 0 Å². The molecule has 1 saturated heterocycles. The second kappa shape index (κ2) is 4.97. The largest absolute Gasteiger partial charge is 0.464 e. The van der Waals surface area contributed by atoms with Crippen molar-refractivity contribution >= 4 is 12.1 Å². The van der Waals surface area contributed by atoms with Gasteiger partial charge in [-0.3, -0.25) is 4.90 Å². The number of esters is 1. The highest BCUT2D eigenvalue weighted by atomic mass is 16.6. The summed E-state index contributed by atoms with van der Waals surface area (Å²) in [6, 6.07) is -0.729. The molecule has 6 nitrogen and oxygen atoms in total. The van der Waals surface area contributed by atoms with Crippen LogP contribution in [0.25, 0.3) is 0 Å². The number of methoxy groups -OCH3 is 1. The zero-order valence-corrected chi connectivity index (χ0v) is 8.80. The average molecular weight is 217 g/mol. The molecule has 0 aromatic heterocycles. The average Bonchev–Trinajstić information content (AvgIpc) is 2.59. The van der Waals surface area contributed by atoms with Gasteiger partial charge in [-0.15, -0.1) is 0 Å². The first-order valence-electron chi connectivity index (χ1n) is 4.82. The fourth-order valence-electron chi connectivity index (χ4n) is 1.62. The molecule has 0 aromatic carbocycles. The first kappa shape index (κ1) is 11.8. The number of likely N-dealkylation sites (tertiary alicyclic amines) is 1. The van der Waals surface area contributed by atoms with E-state index < -0.39 is 24.3 Å². The highest BCUT2D eigenvalue weighted by Gasteiger charge is 2.41. The first-order chi connectivity index (χ1) is 7.11. The van der Waals surface area contributed by atoms with Gasteiger partial charge in [0.1, 0.15) is 12.3 Å². The van der Waals surface area contributed by atoms with Gasteiger partial charge in [-0.1, -0.05) is 0 Å². The van der Waals surface area contributed by atoms with Crippen molar-refractivity contribution in [2.45, 2.75) is 32.0 Å². The Hall–Kier alpha value is -1.30. The van der Waals surface area contributed by atoms with Gasteiger partial charge in [-0.05, 0) is 19.8 Å². The molecule has 2 atom stereocenters. The highest BCUT2D eigenvalue weighted by Crippen LogP contribution is 2.24. The lowest BCUT2D eigenvalue weighted by atomic mass is 10.2. The summed E-state index contributed by atoms with van der Waals surface area (Å²) in [5.41, 5.74) is 0. The third kappa shape index (κ3) is 2.38. The van der Waals surface area contributed by atoms with Crippen molar-refractivity contribution in [1.82, 2.24) is 4.90 Å². The van der Waals surface area contributed by atoms with Crippen molar-refractivity contribution in [1.29, 1.82) is 0 Å². The monoisotopic (exact) mass is 217 g/mol. The molecule has 0 aromatic rings. The molecular weight excluding hydrogens is 202 g/mol. The van der Waals surface area contributed by atoms with E-state index in [4.69, 9.17) is 4.74 Å². The Morgan fingerprint density at radius 2 is 2.13 bits per heavy atom. The Bertz CT molecular complexity index is 255. The van der Waals surface area contributed by atoms with Crippen LogP contribution in [-0.2, 0) is 14.3 Å². The second-order valence-electron chi connectivity index (χ2n) is 3.20. The smallest absolute Gasteiger partial charge is 0.412 e. The van der Waals surface area contributed by atoms with E-state index in [0.29, 0.717) is 12.8 Å². The normalized spacial score (nSPS) is 25.1. The minimum Gasteiger partial charge on any atom is -0.464 e. The van der Waals surface area contributed by atoms with E-state index in [2.05, 4.69) is 4.74 Å². The van der Waals surface area contributed by atoms with Crippen LogP contribution < -0.4 is 0 Å². The summed E-state index contributed by atoms with van der Waals surface area (Å²) < 4.78 is 9.28. The molecule has 86 valence electrons. The third-order valence-electron chi connectivity index (χ3n) is 2.30. The number of carbonyl (C=O) groups is 2. The van der Waals surface area contributed by atoms with E-state index in [-0.39, 0.29) is 6.61 Å². The predicted molar refractivity (Wildman–Crippen MR) is 49.9 cm³/mol. The van der Waals surface area contributed by atoms with Gasteiger partial charge >= 0.3 is 12.1 Å². The number of hydrogen-bond acceptors (Lipinski definition) is 5. The zero-order chi connectivity index (χ0) is 11.4. The van der Waals surface area contributed by atoms with Gasteiger partial charge in [0.15, 0.2) is 0 Å². The van der Waals surface area contributed by atoms with E-state index in [0.717, 1.165) is 4.90 Å². The lowest BCUT2D eigenvalue weighted by Gasteiger charge is -2.24. The minimum absolute atomic E-state index is 0.250. The number of hydrogen-bond donors (Lipinski definition) is 1. The summed E-state index contributed by atoms with van der Waals surface area (Å²) in [5.74, 6) is -0.501. The van der Waals surface area contributed by atoms with Gasteiger partial charge in [0.2, 0.25) is 0 Å². The number of ether oxygens (including phenoxy) is 2. The van der Waals surface area contributed by atoms with Crippen LogP contribution in [0.15, 0.2) is 0 Å². The Kier molecular flexibility index (Phi) is 3.90. The maximum atomic E-state index is 11.4. The SMILES string of the molecule is CCOC(=O)[C@@H]1CCC(O)N1C(=O)OC. The second-order valence-corrected chi connectivity index (χ2v) is 3.20. The zero-order valence-electron chi connectivity index (χ0n) is 8.80. The summed E-state index contributed by atoms with van der Waals surface area (Å²) >= 11 is 0. The molecule has 1 heterocycles. The number of aliphatic hydroxyl groups is 1. The molecule has 1 N–H and O–H groups in total. The predicted octanol–water partition coefficient (Wildman–Crippen LogP) is 0.0987. The quantitative estimate of drug-likeness (QED) is 0.664. The number of rotatable bonds is 2. The van der Waals surface area contributed by atoms with Gasteiger partial charge in [0.25, 0.3) is 0 Å². The molecule has 0 radical (unpaired) electrons. The number of nitrogens with zero attached hydrogens (tertiary/aromatic N) is 1. The maximum absolute atomic E-state index is 11.4. The maximum Gasteiger partial charge on any atom is 0.412 e. The van der Waals surface area contributed by atoms with Crippen molar-refractivity contribution in [2.24, 2.45) is 0 Å². The van der Waals surface area contributed by atoms with Crippen LogP contribution in [0.3, 0.4) is 0 Å². The van der Waals surface area contributed by atoms with E-state index in [1.165, 1.54) is 7.11 Å². The lowest BCUT2D eigenvalue weighted by Crippen LogP contribution is -2.45. The first-order valence-corrected chi connectivity index (χ1v) is 4.82. The van der Waals surface area contributed by atoms with Crippen LogP contribution in [0.1, 0.15) is 19.8 Å². The van der Waals surface area contributed by atoms with Crippen LogP contribution in [-0.4, -0.2) is 48.1 Å². The van der Waals surface area contributed by atoms with Crippen molar-refractivity contribution in [2.75, 3.05) is 13.7 Å². The molecule has 1 aliphatic heterocycles. The third-order valence-corrected chi connectivity index (χ3v) is 2.30. The fourth-order valence-corrected chi connectivity index (χ4v) is 1.62. The topological polar surface area (TPSA) is 76.1 Å². The fraction of sp³-hybridized carbons (Fsp3) is 0.778. The van der Waals surface area contributed by atoms with Gasteiger partial charge in [0.05, 0.1) is 13.7 Å². The van der Waals surface area contributed by atoms with E-state index >= 15 is 0 Å². The van der Waals surface area contributed by atoms with Crippen LogP contribution in [0, 0.1) is 0 Å². The minimum atomic E-state index is -0.966. The molecular formula is C9H15NO5. The molecule has 1 aliphatic rings. The van der Waals surface area contributed by atoms with Crippen molar-refractivity contribution in [3.05, 3.63) is 0 Å². The van der Waals surface area contributed by atoms with Crippen LogP contribution in [0.5, 0.6) is 0 Å². The summed E-state index contributed by atoms with van der Waals surface area (Å²) in [6.45, 7) is 1.94. The number of amides is 1. The molecule has 0 aliphatic carbocycles. The van der Waals surface area contributed by atoms with Gasteiger partial charge in [0, 0.05) is 0 Å².